The molecule has 2 saturated heterocycles. The Morgan fingerprint density at radius 3 is 2.46 bits per heavy atom. The molecule has 0 spiro atoms. The van der Waals surface area contributed by atoms with Gasteiger partial charge in [0.1, 0.15) is 17.1 Å². The van der Waals surface area contributed by atoms with Gasteiger partial charge in [-0.3, -0.25) is 19.6 Å². The Morgan fingerprint density at radius 2 is 1.69 bits per heavy atom. The Labute approximate surface area is 302 Å². The second-order valence-corrected chi connectivity index (χ2v) is 14.6. The third-order valence-electron chi connectivity index (χ3n) is 10.8. The van der Waals surface area contributed by atoms with Gasteiger partial charge in [-0.2, -0.15) is 5.26 Å². The number of aliphatic carboxylic acids is 1. The summed E-state index contributed by atoms with van der Waals surface area (Å²) in [6.45, 7) is 10.9. The molecular weight excluding hydrogens is 651 g/mol. The topological polar surface area (TPSA) is 131 Å². The molecule has 3 aromatic carbocycles. The van der Waals surface area contributed by atoms with Crippen molar-refractivity contribution in [3.05, 3.63) is 101 Å². The smallest absolute Gasteiger partial charge is 0.310 e. The number of carboxylic acid groups (broad SMARTS) is 1. The first kappa shape index (κ1) is 33.5. The number of nitriles is 1. The predicted octanol–water partition coefficient (Wildman–Crippen LogP) is 8.23. The molecule has 0 unspecified atom stereocenters. The Bertz CT molecular complexity index is 2390. The highest BCUT2D eigenvalue weighted by molar-refractivity contribution is 5.91. The lowest BCUT2D eigenvalue weighted by Gasteiger charge is -2.20. The van der Waals surface area contributed by atoms with Crippen molar-refractivity contribution in [3.8, 4) is 28.7 Å². The fourth-order valence-electron chi connectivity index (χ4n) is 7.84. The SMILES string of the molecule is Cc1c(Nc2nccc3cc(CN4CC[C@@](C)(C(=O)O)C4)cnc23)cccc1-c1cccc(-c2nc3cc(CN4CCCC4)cc(C#N)c3o2)c1C. The molecule has 2 aliphatic heterocycles. The van der Waals surface area contributed by atoms with E-state index in [0.29, 0.717) is 47.9 Å². The lowest BCUT2D eigenvalue weighted by atomic mass is 9.90. The number of oxazole rings is 1. The van der Waals surface area contributed by atoms with E-state index < -0.39 is 11.4 Å². The minimum absolute atomic E-state index is 0.502. The van der Waals surface area contributed by atoms with Crippen molar-refractivity contribution < 1.29 is 14.3 Å². The number of carboxylic acids is 1. The summed E-state index contributed by atoms with van der Waals surface area (Å²) in [5.41, 5.74) is 9.95. The van der Waals surface area contributed by atoms with Crippen LogP contribution in [0.5, 0.6) is 0 Å². The summed E-state index contributed by atoms with van der Waals surface area (Å²) in [5, 5.41) is 24.1. The van der Waals surface area contributed by atoms with Gasteiger partial charge in [0.25, 0.3) is 0 Å². The van der Waals surface area contributed by atoms with Crippen molar-refractivity contribution in [1.29, 1.82) is 5.26 Å². The van der Waals surface area contributed by atoms with Crippen LogP contribution in [0.25, 0.3) is 44.6 Å². The van der Waals surface area contributed by atoms with Crippen molar-refractivity contribution in [2.45, 2.75) is 53.1 Å². The largest absolute Gasteiger partial charge is 0.481 e. The Kier molecular flexibility index (Phi) is 8.69. The third-order valence-corrected chi connectivity index (χ3v) is 10.8. The number of anilines is 2. The van der Waals surface area contributed by atoms with Gasteiger partial charge >= 0.3 is 5.97 Å². The van der Waals surface area contributed by atoms with E-state index in [2.05, 4.69) is 64.3 Å². The molecule has 0 amide bonds. The summed E-state index contributed by atoms with van der Waals surface area (Å²) < 4.78 is 6.31. The molecular formula is C42H41N7O3. The van der Waals surface area contributed by atoms with Gasteiger partial charge in [-0.25, -0.2) is 9.97 Å². The number of nitrogens with zero attached hydrogens (tertiary/aromatic N) is 6. The zero-order valence-electron chi connectivity index (χ0n) is 29.7. The van der Waals surface area contributed by atoms with Gasteiger partial charge in [-0.15, -0.1) is 0 Å². The Balaban J connectivity index is 1.06. The molecule has 0 bridgehead atoms. The Morgan fingerprint density at radius 1 is 0.942 bits per heavy atom. The summed E-state index contributed by atoms with van der Waals surface area (Å²) in [4.78, 5) is 30.7. The lowest BCUT2D eigenvalue weighted by Crippen LogP contribution is -2.31. The predicted molar refractivity (Wildman–Crippen MR) is 202 cm³/mol. The van der Waals surface area contributed by atoms with Gasteiger partial charge < -0.3 is 14.8 Å². The monoisotopic (exact) mass is 691 g/mol. The molecule has 2 N–H and O–H groups in total. The number of carbonyl (C=O) groups is 1. The highest BCUT2D eigenvalue weighted by Gasteiger charge is 2.40. The number of nitrogens with one attached hydrogen (secondary N) is 1. The van der Waals surface area contributed by atoms with E-state index in [-0.39, 0.29) is 0 Å². The molecule has 10 heteroatoms. The number of hydrogen-bond acceptors (Lipinski definition) is 9. The molecule has 1 atom stereocenters. The summed E-state index contributed by atoms with van der Waals surface area (Å²) in [5.74, 6) is 0.427. The molecule has 6 aromatic rings. The van der Waals surface area contributed by atoms with Crippen LogP contribution >= 0.6 is 0 Å². The normalized spacial score (nSPS) is 18.0. The molecule has 262 valence electrons. The molecule has 0 saturated carbocycles. The van der Waals surface area contributed by atoms with Crippen LogP contribution in [-0.4, -0.2) is 62.0 Å². The average molecular weight is 692 g/mol. The van der Waals surface area contributed by atoms with E-state index in [9.17, 15) is 15.2 Å². The fourth-order valence-corrected chi connectivity index (χ4v) is 7.84. The van der Waals surface area contributed by atoms with Gasteiger partial charge in [-0.1, -0.05) is 24.3 Å². The fraction of sp³-hybridized carbons (Fsp3) is 0.310. The average Bonchev–Trinajstić information content (AvgIpc) is 3.90. The highest BCUT2D eigenvalue weighted by Crippen LogP contribution is 2.38. The Hall–Kier alpha value is -5.63. The molecule has 5 heterocycles. The number of pyridine rings is 2. The maximum Gasteiger partial charge on any atom is 0.310 e. The standard InChI is InChI=1S/C42H41N7O3/c1-26-32(8-6-10-34(26)40-47-36-20-28(23-48-15-4-5-16-48)18-31(21-43)38(36)52-40)33-9-7-11-35(27(33)2)46-39-37-30(12-14-44-39)19-29(22-45-37)24-49-17-13-42(3,25-49)41(50)51/h6-12,14,18-20,22H,4-5,13,15-17,23-25H2,1-3H3,(H,44,46)(H,50,51)/t42-/m1/s1. The molecule has 8 rings (SSSR count). The van der Waals surface area contributed by atoms with Crippen LogP contribution < -0.4 is 5.32 Å². The van der Waals surface area contributed by atoms with E-state index in [1.165, 1.54) is 12.8 Å². The summed E-state index contributed by atoms with van der Waals surface area (Å²) in [6.07, 6.45) is 6.72. The first-order valence-electron chi connectivity index (χ1n) is 17.9. The van der Waals surface area contributed by atoms with Crippen LogP contribution in [0.2, 0.25) is 0 Å². The number of rotatable bonds is 9. The van der Waals surface area contributed by atoms with Crippen LogP contribution in [0.15, 0.2) is 77.5 Å². The molecule has 3 aromatic heterocycles. The van der Waals surface area contributed by atoms with Crippen LogP contribution in [0.1, 0.15) is 54.0 Å². The van der Waals surface area contributed by atoms with Crippen molar-refractivity contribution in [1.82, 2.24) is 24.8 Å². The van der Waals surface area contributed by atoms with Gasteiger partial charge in [0.05, 0.1) is 11.0 Å². The maximum atomic E-state index is 11.7. The third kappa shape index (κ3) is 6.27. The summed E-state index contributed by atoms with van der Waals surface area (Å²) >= 11 is 0. The zero-order valence-corrected chi connectivity index (χ0v) is 29.7. The number of likely N-dealkylation sites (tertiary alicyclic amines) is 2. The van der Waals surface area contributed by atoms with Crippen molar-refractivity contribution in [2.75, 3.05) is 31.5 Å². The molecule has 52 heavy (non-hydrogen) atoms. The van der Waals surface area contributed by atoms with E-state index in [0.717, 1.165) is 81.7 Å². The van der Waals surface area contributed by atoms with Crippen molar-refractivity contribution >= 4 is 39.5 Å². The van der Waals surface area contributed by atoms with Crippen LogP contribution in [0.3, 0.4) is 0 Å². The van der Waals surface area contributed by atoms with Gasteiger partial charge in [0.2, 0.25) is 5.89 Å². The molecule has 0 aliphatic carbocycles. The second-order valence-electron chi connectivity index (χ2n) is 14.6. The molecule has 2 aliphatic rings. The molecule has 0 radical (unpaired) electrons. The maximum absolute atomic E-state index is 11.7. The summed E-state index contributed by atoms with van der Waals surface area (Å²) in [7, 11) is 0. The molecule has 2 fully saturated rings. The van der Waals surface area contributed by atoms with E-state index in [1.807, 2.05) is 49.5 Å². The van der Waals surface area contributed by atoms with E-state index >= 15 is 0 Å². The first-order valence-corrected chi connectivity index (χ1v) is 17.9. The highest BCUT2D eigenvalue weighted by atomic mass is 16.4. The van der Waals surface area contributed by atoms with Gasteiger partial charge in [0.15, 0.2) is 11.4 Å². The van der Waals surface area contributed by atoms with Gasteiger partial charge in [0, 0.05) is 48.7 Å². The van der Waals surface area contributed by atoms with E-state index in [4.69, 9.17) is 14.4 Å². The van der Waals surface area contributed by atoms with Crippen LogP contribution in [-0.2, 0) is 17.9 Å². The van der Waals surface area contributed by atoms with Crippen LogP contribution in [0.4, 0.5) is 11.5 Å². The lowest BCUT2D eigenvalue weighted by molar-refractivity contribution is -0.147. The number of aromatic nitrogens is 3. The summed E-state index contributed by atoms with van der Waals surface area (Å²) in [6, 6.07) is 22.8. The van der Waals surface area contributed by atoms with Crippen molar-refractivity contribution in [3.63, 3.8) is 0 Å². The molecule has 10 nitrogen and oxygen atoms in total. The minimum Gasteiger partial charge on any atom is -0.481 e. The number of benzene rings is 3. The first-order chi connectivity index (χ1) is 25.2. The quantitative estimate of drug-likeness (QED) is 0.153. The van der Waals surface area contributed by atoms with Crippen LogP contribution in [0, 0.1) is 30.6 Å². The van der Waals surface area contributed by atoms with Crippen molar-refractivity contribution in [2.24, 2.45) is 5.41 Å². The van der Waals surface area contributed by atoms with E-state index in [1.54, 1.807) is 6.20 Å². The van der Waals surface area contributed by atoms with Gasteiger partial charge in [-0.05, 0) is 129 Å². The minimum atomic E-state index is -0.740. The number of hydrogen-bond donors (Lipinski definition) is 2. The second kappa shape index (κ2) is 13.5. The zero-order chi connectivity index (χ0) is 36.0. The number of fused-ring (bicyclic) bond motifs is 2.